The van der Waals surface area contributed by atoms with Crippen LogP contribution in [0.25, 0.3) is 0 Å². The van der Waals surface area contributed by atoms with Crippen LogP contribution in [-0.2, 0) is 16.6 Å². The Hall–Kier alpha value is -0.850. The fraction of sp³-hybridized carbons (Fsp3) is 0.143. The molecule has 22 heavy (non-hydrogen) atoms. The molecule has 0 heterocycles. The second-order valence-corrected chi connectivity index (χ2v) is 7.72. The molecule has 0 saturated carbocycles. The van der Waals surface area contributed by atoms with Gasteiger partial charge < -0.3 is 0 Å². The quantitative estimate of drug-likeness (QED) is 0.774. The smallest absolute Gasteiger partial charge is 0.207 e. The zero-order chi connectivity index (χ0) is 16.5. The Bertz CT molecular complexity index is 771. The summed E-state index contributed by atoms with van der Waals surface area (Å²) in [5, 5.41) is 0.144. The van der Waals surface area contributed by atoms with Crippen LogP contribution in [0.2, 0.25) is 15.1 Å². The van der Waals surface area contributed by atoms with Gasteiger partial charge in [0.05, 0.1) is 10.0 Å². The molecule has 0 radical (unpaired) electrons. The average Bonchev–Trinajstić information content (AvgIpc) is 2.42. The van der Waals surface area contributed by atoms with E-state index in [-0.39, 0.29) is 32.1 Å². The van der Waals surface area contributed by atoms with Crippen molar-refractivity contribution in [3.05, 3.63) is 62.8 Å². The molecule has 0 bridgehead atoms. The van der Waals surface area contributed by atoms with E-state index >= 15 is 0 Å². The molecule has 2 aromatic rings. The van der Waals surface area contributed by atoms with Gasteiger partial charge in [-0.1, -0.05) is 46.9 Å². The van der Waals surface area contributed by atoms with Crippen molar-refractivity contribution in [3.8, 4) is 0 Å². The van der Waals surface area contributed by atoms with Crippen molar-refractivity contribution in [1.82, 2.24) is 4.31 Å². The van der Waals surface area contributed by atoms with Gasteiger partial charge in [-0.15, -0.1) is 0 Å². The second-order valence-electron chi connectivity index (χ2n) is 4.51. The van der Waals surface area contributed by atoms with Crippen LogP contribution in [0.5, 0.6) is 0 Å². The van der Waals surface area contributed by atoms with Crippen molar-refractivity contribution in [2.75, 3.05) is 7.05 Å². The first-order valence-electron chi connectivity index (χ1n) is 6.08. The lowest BCUT2D eigenvalue weighted by atomic mass is 10.2. The molecular weight excluding hydrogens is 372 g/mol. The van der Waals surface area contributed by atoms with E-state index < -0.39 is 15.8 Å². The van der Waals surface area contributed by atoms with E-state index in [1.165, 1.54) is 43.4 Å². The SMILES string of the molecule is CN(Cc1c(F)cccc1Cl)S(=O)(=O)c1c(Cl)cccc1Cl. The van der Waals surface area contributed by atoms with Crippen molar-refractivity contribution in [2.24, 2.45) is 0 Å². The molecule has 8 heteroatoms. The number of rotatable bonds is 4. The Morgan fingerprint density at radius 1 is 1.00 bits per heavy atom. The van der Waals surface area contributed by atoms with Gasteiger partial charge >= 0.3 is 0 Å². The highest BCUT2D eigenvalue weighted by Crippen LogP contribution is 2.32. The minimum absolute atomic E-state index is 0.000944. The third-order valence-corrected chi connectivity index (χ3v) is 6.14. The minimum atomic E-state index is -3.99. The van der Waals surface area contributed by atoms with Crippen molar-refractivity contribution in [1.29, 1.82) is 0 Å². The Kier molecular flexibility index (Phi) is 5.35. The highest BCUT2D eigenvalue weighted by Gasteiger charge is 2.27. The molecule has 3 nitrogen and oxygen atoms in total. The molecule has 0 aromatic heterocycles. The molecule has 0 aliphatic heterocycles. The molecule has 0 amide bonds. The summed E-state index contributed by atoms with van der Waals surface area (Å²) in [5.41, 5.74) is 0.0819. The molecule has 118 valence electrons. The van der Waals surface area contributed by atoms with Gasteiger partial charge in [-0.3, -0.25) is 0 Å². The molecule has 0 N–H and O–H groups in total. The summed E-state index contributed by atoms with van der Waals surface area (Å²) in [5.74, 6) is -0.584. The number of halogens is 4. The first kappa shape index (κ1) is 17.5. The van der Waals surface area contributed by atoms with Crippen LogP contribution in [0.1, 0.15) is 5.56 Å². The normalized spacial score (nSPS) is 11.9. The Morgan fingerprint density at radius 2 is 1.50 bits per heavy atom. The van der Waals surface area contributed by atoms with Gasteiger partial charge in [0.15, 0.2) is 0 Å². The van der Waals surface area contributed by atoms with E-state index in [1.54, 1.807) is 0 Å². The average molecular weight is 383 g/mol. The van der Waals surface area contributed by atoms with Crippen molar-refractivity contribution in [2.45, 2.75) is 11.4 Å². The topological polar surface area (TPSA) is 37.4 Å². The maximum Gasteiger partial charge on any atom is 0.246 e. The summed E-state index contributed by atoms with van der Waals surface area (Å²) < 4.78 is 39.9. The van der Waals surface area contributed by atoms with Gasteiger partial charge in [-0.25, -0.2) is 12.8 Å². The predicted octanol–water partition coefficient (Wildman–Crippen LogP) is 4.61. The summed E-state index contributed by atoms with van der Waals surface area (Å²) in [6, 6.07) is 8.53. The Labute approximate surface area is 143 Å². The van der Waals surface area contributed by atoms with E-state index in [1.807, 2.05) is 0 Å². The number of nitrogens with zero attached hydrogens (tertiary/aromatic N) is 1. The molecule has 0 fully saturated rings. The number of hydrogen-bond acceptors (Lipinski definition) is 2. The minimum Gasteiger partial charge on any atom is -0.207 e. The van der Waals surface area contributed by atoms with E-state index in [0.29, 0.717) is 0 Å². The molecule has 0 spiro atoms. The summed E-state index contributed by atoms with van der Waals surface area (Å²) in [4.78, 5) is -0.215. The third-order valence-electron chi connectivity index (χ3n) is 3.03. The zero-order valence-corrected chi connectivity index (χ0v) is 14.4. The van der Waals surface area contributed by atoms with Gasteiger partial charge in [-0.2, -0.15) is 4.31 Å². The van der Waals surface area contributed by atoms with Crippen LogP contribution < -0.4 is 0 Å². The molecule has 0 atom stereocenters. The fourth-order valence-corrected chi connectivity index (χ4v) is 4.32. The molecule has 0 saturated heterocycles. The van der Waals surface area contributed by atoms with E-state index in [2.05, 4.69) is 0 Å². The van der Waals surface area contributed by atoms with Crippen molar-refractivity contribution in [3.63, 3.8) is 0 Å². The highest BCUT2D eigenvalue weighted by molar-refractivity contribution is 7.89. The molecular formula is C14H11Cl3FNO2S. The maximum absolute atomic E-state index is 13.8. The van der Waals surface area contributed by atoms with Crippen LogP contribution in [0.15, 0.2) is 41.3 Å². The van der Waals surface area contributed by atoms with Crippen molar-refractivity contribution >= 4 is 44.8 Å². The van der Waals surface area contributed by atoms with Crippen LogP contribution in [0.4, 0.5) is 4.39 Å². The number of sulfonamides is 1. The van der Waals surface area contributed by atoms with Gasteiger partial charge in [0, 0.05) is 24.2 Å². The zero-order valence-electron chi connectivity index (χ0n) is 11.4. The molecule has 0 aliphatic rings. The van der Waals surface area contributed by atoms with Crippen molar-refractivity contribution < 1.29 is 12.8 Å². The lowest BCUT2D eigenvalue weighted by Gasteiger charge is -2.19. The fourth-order valence-electron chi connectivity index (χ4n) is 1.88. The Morgan fingerprint density at radius 3 is 2.05 bits per heavy atom. The monoisotopic (exact) mass is 381 g/mol. The molecule has 2 rings (SSSR count). The largest absolute Gasteiger partial charge is 0.246 e. The van der Waals surface area contributed by atoms with E-state index in [9.17, 15) is 12.8 Å². The first-order valence-corrected chi connectivity index (χ1v) is 8.65. The van der Waals surface area contributed by atoms with Crippen LogP contribution in [0.3, 0.4) is 0 Å². The van der Waals surface area contributed by atoms with Crippen LogP contribution in [-0.4, -0.2) is 19.8 Å². The second kappa shape index (κ2) is 6.72. The summed E-state index contributed by atoms with van der Waals surface area (Å²) in [6.07, 6.45) is 0. The summed E-state index contributed by atoms with van der Waals surface area (Å²) in [7, 11) is -2.68. The van der Waals surface area contributed by atoms with Gasteiger partial charge in [-0.05, 0) is 24.3 Å². The highest BCUT2D eigenvalue weighted by atomic mass is 35.5. The van der Waals surface area contributed by atoms with Gasteiger partial charge in [0.1, 0.15) is 10.7 Å². The summed E-state index contributed by atoms with van der Waals surface area (Å²) >= 11 is 17.8. The Balaban J connectivity index is 2.42. The number of benzene rings is 2. The first-order chi connectivity index (χ1) is 10.2. The van der Waals surface area contributed by atoms with E-state index in [4.69, 9.17) is 34.8 Å². The molecule has 0 aliphatic carbocycles. The third kappa shape index (κ3) is 3.39. The molecule has 2 aromatic carbocycles. The standard InChI is InChI=1S/C14H11Cl3FNO2S/c1-19(8-9-10(15)4-3-7-13(9)18)22(20,21)14-11(16)5-2-6-12(14)17/h2-7H,8H2,1H3. The maximum atomic E-state index is 13.8. The van der Waals surface area contributed by atoms with Crippen LogP contribution >= 0.6 is 34.8 Å². The lowest BCUT2D eigenvalue weighted by molar-refractivity contribution is 0.456. The van der Waals surface area contributed by atoms with Gasteiger partial charge in [0.2, 0.25) is 10.0 Å². The summed E-state index contributed by atoms with van der Waals surface area (Å²) in [6.45, 7) is -0.241. The predicted molar refractivity (Wildman–Crippen MR) is 86.5 cm³/mol. The lowest BCUT2D eigenvalue weighted by Crippen LogP contribution is -2.27. The number of hydrogen-bond donors (Lipinski definition) is 0. The van der Waals surface area contributed by atoms with E-state index in [0.717, 1.165) is 4.31 Å². The van der Waals surface area contributed by atoms with Crippen LogP contribution in [0, 0.1) is 5.82 Å². The molecule has 0 unspecified atom stereocenters. The van der Waals surface area contributed by atoms with Gasteiger partial charge in [0.25, 0.3) is 0 Å².